The van der Waals surface area contributed by atoms with E-state index in [0.717, 1.165) is 12.1 Å². The Bertz CT molecular complexity index is 728. The summed E-state index contributed by atoms with van der Waals surface area (Å²) in [5.74, 6) is 0.753. The van der Waals surface area contributed by atoms with Crippen molar-refractivity contribution in [3.63, 3.8) is 0 Å². The fourth-order valence-corrected chi connectivity index (χ4v) is 2.98. The maximum atomic E-state index is 12.9. The van der Waals surface area contributed by atoms with Crippen LogP contribution in [0.2, 0.25) is 0 Å². The van der Waals surface area contributed by atoms with E-state index in [1.54, 1.807) is 0 Å². The number of hydrogen-bond acceptors (Lipinski definition) is 1. The molecule has 0 heterocycles. The first-order chi connectivity index (χ1) is 12.2. The highest BCUT2D eigenvalue weighted by atomic mass is 16.2. The van der Waals surface area contributed by atoms with Crippen LogP contribution in [-0.4, -0.2) is 5.91 Å². The molecule has 0 radical (unpaired) electrons. The van der Waals surface area contributed by atoms with Gasteiger partial charge in [0.1, 0.15) is 0 Å². The molecule has 0 fully saturated rings. The summed E-state index contributed by atoms with van der Waals surface area (Å²) in [6.07, 6.45) is 0.814. The second kappa shape index (κ2) is 8.07. The molecular formula is C24H33NO. The SMILES string of the molecule is CCC(C)(C)C(=O)Nc1c(C(C)C)cc(-c2ccccc2)cc1C(C)C. The van der Waals surface area contributed by atoms with Gasteiger partial charge in [-0.05, 0) is 52.6 Å². The summed E-state index contributed by atoms with van der Waals surface area (Å²) in [5.41, 5.74) is 5.46. The number of anilines is 1. The summed E-state index contributed by atoms with van der Waals surface area (Å²) < 4.78 is 0. The third-order valence-corrected chi connectivity index (χ3v) is 5.29. The maximum absolute atomic E-state index is 12.9. The van der Waals surface area contributed by atoms with Gasteiger partial charge in [-0.1, -0.05) is 78.8 Å². The van der Waals surface area contributed by atoms with Crippen molar-refractivity contribution in [3.8, 4) is 11.1 Å². The molecule has 0 aliphatic rings. The summed E-state index contributed by atoms with van der Waals surface area (Å²) >= 11 is 0. The first-order valence-corrected chi connectivity index (χ1v) is 9.72. The average Bonchev–Trinajstić information content (AvgIpc) is 2.61. The Kier molecular flexibility index (Phi) is 6.28. The molecule has 2 nitrogen and oxygen atoms in total. The zero-order chi connectivity index (χ0) is 19.5. The predicted octanol–water partition coefficient (Wildman–Crippen LogP) is 6.98. The van der Waals surface area contributed by atoms with Gasteiger partial charge in [-0.15, -0.1) is 0 Å². The molecule has 2 aromatic carbocycles. The minimum atomic E-state index is -0.374. The van der Waals surface area contributed by atoms with E-state index in [-0.39, 0.29) is 11.3 Å². The molecule has 0 saturated carbocycles. The van der Waals surface area contributed by atoms with Crippen molar-refractivity contribution in [2.45, 2.75) is 66.7 Å². The normalized spacial score (nSPS) is 11.9. The highest BCUT2D eigenvalue weighted by Crippen LogP contribution is 2.38. The lowest BCUT2D eigenvalue weighted by Gasteiger charge is -2.27. The van der Waals surface area contributed by atoms with Gasteiger partial charge in [-0.3, -0.25) is 4.79 Å². The largest absolute Gasteiger partial charge is 0.325 e. The summed E-state index contributed by atoms with van der Waals surface area (Å²) in [7, 11) is 0. The Morgan fingerprint density at radius 1 is 0.923 bits per heavy atom. The lowest BCUT2D eigenvalue weighted by molar-refractivity contribution is -0.124. The number of nitrogens with one attached hydrogen (secondary N) is 1. The first kappa shape index (κ1) is 20.2. The van der Waals surface area contributed by atoms with Crippen LogP contribution in [0.25, 0.3) is 11.1 Å². The van der Waals surface area contributed by atoms with E-state index < -0.39 is 0 Å². The molecule has 0 saturated heterocycles. The lowest BCUT2D eigenvalue weighted by atomic mass is 9.86. The molecule has 1 N–H and O–H groups in total. The molecule has 0 aliphatic carbocycles. The summed E-state index contributed by atoms with van der Waals surface area (Å²) in [4.78, 5) is 12.9. The van der Waals surface area contributed by atoms with E-state index in [1.165, 1.54) is 22.3 Å². The van der Waals surface area contributed by atoms with Crippen LogP contribution in [0, 0.1) is 5.41 Å². The molecule has 0 atom stereocenters. The van der Waals surface area contributed by atoms with Crippen molar-refractivity contribution in [3.05, 3.63) is 53.6 Å². The Labute approximate surface area is 159 Å². The topological polar surface area (TPSA) is 29.1 Å². The van der Waals surface area contributed by atoms with Crippen LogP contribution >= 0.6 is 0 Å². The molecule has 1 amide bonds. The molecule has 0 aromatic heterocycles. The lowest BCUT2D eigenvalue weighted by Crippen LogP contribution is -2.31. The van der Waals surface area contributed by atoms with E-state index in [2.05, 4.69) is 76.3 Å². The fraction of sp³-hybridized carbons (Fsp3) is 0.458. The minimum absolute atomic E-state index is 0.0938. The quantitative estimate of drug-likeness (QED) is 0.598. The second-order valence-corrected chi connectivity index (χ2v) is 8.40. The van der Waals surface area contributed by atoms with Crippen LogP contribution in [0.15, 0.2) is 42.5 Å². The van der Waals surface area contributed by atoms with Crippen LogP contribution in [0.5, 0.6) is 0 Å². The molecule has 2 aromatic rings. The van der Waals surface area contributed by atoms with Crippen molar-refractivity contribution in [2.75, 3.05) is 5.32 Å². The van der Waals surface area contributed by atoms with E-state index in [0.29, 0.717) is 11.8 Å². The third-order valence-electron chi connectivity index (χ3n) is 5.29. The number of carbonyl (C=O) groups excluding carboxylic acids is 1. The number of hydrogen-bond donors (Lipinski definition) is 1. The van der Waals surface area contributed by atoms with E-state index in [4.69, 9.17) is 0 Å². The number of carbonyl (C=O) groups is 1. The second-order valence-electron chi connectivity index (χ2n) is 8.40. The minimum Gasteiger partial charge on any atom is -0.325 e. The summed E-state index contributed by atoms with van der Waals surface area (Å²) in [6, 6.07) is 14.9. The average molecular weight is 352 g/mol. The van der Waals surface area contributed by atoms with E-state index in [1.807, 2.05) is 19.9 Å². The van der Waals surface area contributed by atoms with Gasteiger partial charge < -0.3 is 5.32 Å². The van der Waals surface area contributed by atoms with Crippen LogP contribution in [0.3, 0.4) is 0 Å². The highest BCUT2D eigenvalue weighted by Gasteiger charge is 2.27. The summed E-state index contributed by atoms with van der Waals surface area (Å²) in [5, 5.41) is 3.27. The van der Waals surface area contributed by atoms with Crippen molar-refractivity contribution < 1.29 is 4.79 Å². The van der Waals surface area contributed by atoms with Crippen molar-refractivity contribution >= 4 is 11.6 Å². The maximum Gasteiger partial charge on any atom is 0.230 e. The van der Waals surface area contributed by atoms with Crippen molar-refractivity contribution in [1.29, 1.82) is 0 Å². The van der Waals surface area contributed by atoms with Crippen LogP contribution in [0.4, 0.5) is 5.69 Å². The standard InChI is InChI=1S/C24H33NO/c1-8-24(6,7)23(26)25-22-20(16(2)3)14-19(15-21(22)17(4)5)18-12-10-9-11-13-18/h9-17H,8H2,1-7H3,(H,25,26). The fourth-order valence-electron chi connectivity index (χ4n) is 2.98. The van der Waals surface area contributed by atoms with E-state index in [9.17, 15) is 4.79 Å². The van der Waals surface area contributed by atoms with Gasteiger partial charge in [-0.2, -0.15) is 0 Å². The molecule has 2 rings (SSSR count). The highest BCUT2D eigenvalue weighted by molar-refractivity contribution is 5.97. The van der Waals surface area contributed by atoms with Crippen molar-refractivity contribution in [1.82, 2.24) is 0 Å². The molecule has 140 valence electrons. The van der Waals surface area contributed by atoms with Gasteiger partial charge in [0, 0.05) is 11.1 Å². The molecule has 0 bridgehead atoms. The number of amides is 1. The van der Waals surface area contributed by atoms with E-state index >= 15 is 0 Å². The molecule has 0 unspecified atom stereocenters. The molecule has 0 spiro atoms. The van der Waals surface area contributed by atoms with Gasteiger partial charge in [0.25, 0.3) is 0 Å². The monoisotopic (exact) mass is 351 g/mol. The summed E-state index contributed by atoms with van der Waals surface area (Å²) in [6.45, 7) is 14.8. The third kappa shape index (κ3) is 4.35. The Morgan fingerprint density at radius 3 is 1.85 bits per heavy atom. The van der Waals surface area contributed by atoms with Crippen molar-refractivity contribution in [2.24, 2.45) is 5.41 Å². The van der Waals surface area contributed by atoms with Gasteiger partial charge in [0.15, 0.2) is 0 Å². The number of rotatable bonds is 6. The Hall–Kier alpha value is -2.09. The zero-order valence-electron chi connectivity index (χ0n) is 17.3. The van der Waals surface area contributed by atoms with Gasteiger partial charge in [-0.25, -0.2) is 0 Å². The van der Waals surface area contributed by atoms with Crippen LogP contribution in [0.1, 0.15) is 77.8 Å². The van der Waals surface area contributed by atoms with Crippen LogP contribution < -0.4 is 5.32 Å². The molecule has 0 aliphatic heterocycles. The van der Waals surface area contributed by atoms with Gasteiger partial charge in [0.05, 0.1) is 0 Å². The molecular weight excluding hydrogens is 318 g/mol. The molecule has 26 heavy (non-hydrogen) atoms. The van der Waals surface area contributed by atoms with Crippen LogP contribution in [-0.2, 0) is 4.79 Å². The van der Waals surface area contributed by atoms with Gasteiger partial charge in [0.2, 0.25) is 5.91 Å². The Morgan fingerprint density at radius 2 is 1.42 bits per heavy atom. The van der Waals surface area contributed by atoms with Gasteiger partial charge >= 0.3 is 0 Å². The first-order valence-electron chi connectivity index (χ1n) is 9.72. The predicted molar refractivity (Wildman–Crippen MR) is 113 cm³/mol. The molecule has 2 heteroatoms. The smallest absolute Gasteiger partial charge is 0.230 e. The number of benzene rings is 2. The Balaban J connectivity index is 2.61. The zero-order valence-corrected chi connectivity index (χ0v) is 17.3.